The van der Waals surface area contributed by atoms with E-state index in [0.717, 1.165) is 36.1 Å². The third kappa shape index (κ3) is 7.78. The highest BCUT2D eigenvalue weighted by atomic mass is 16.5. The molecule has 0 aliphatic heterocycles. The van der Waals surface area contributed by atoms with Gasteiger partial charge in [0, 0.05) is 13.5 Å². The highest BCUT2D eigenvalue weighted by Gasteiger charge is 2.11. The second-order valence-electron chi connectivity index (χ2n) is 7.02. The van der Waals surface area contributed by atoms with Gasteiger partial charge < -0.3 is 19.5 Å². The SMILES string of the molecule is CCCCCOc1c(CCNC(=O)Cc2ccc(OC(C)=O)cc2)cccc1OC. The maximum atomic E-state index is 12.3. The average Bonchev–Trinajstić information content (AvgIpc) is 2.73. The lowest BCUT2D eigenvalue weighted by Gasteiger charge is -2.15. The summed E-state index contributed by atoms with van der Waals surface area (Å²) in [6, 6.07) is 12.7. The fourth-order valence-electron chi connectivity index (χ4n) is 3.03. The molecule has 1 N–H and O–H groups in total. The van der Waals surface area contributed by atoms with Gasteiger partial charge in [0.1, 0.15) is 5.75 Å². The van der Waals surface area contributed by atoms with Crippen LogP contribution in [-0.2, 0) is 22.4 Å². The maximum absolute atomic E-state index is 12.3. The summed E-state index contributed by atoms with van der Waals surface area (Å²) < 4.78 is 16.4. The Labute approximate surface area is 178 Å². The van der Waals surface area contributed by atoms with Crippen molar-refractivity contribution in [2.75, 3.05) is 20.3 Å². The number of hydrogen-bond donors (Lipinski definition) is 1. The lowest BCUT2D eigenvalue weighted by atomic mass is 10.1. The number of hydrogen-bond acceptors (Lipinski definition) is 5. The first kappa shape index (κ1) is 23.3. The third-order valence-electron chi connectivity index (χ3n) is 4.54. The topological polar surface area (TPSA) is 73.9 Å². The van der Waals surface area contributed by atoms with Crippen molar-refractivity contribution in [1.82, 2.24) is 5.32 Å². The first-order valence-electron chi connectivity index (χ1n) is 10.4. The molecule has 0 aliphatic rings. The maximum Gasteiger partial charge on any atom is 0.308 e. The molecule has 0 spiro atoms. The van der Waals surface area contributed by atoms with Crippen LogP contribution in [0.3, 0.4) is 0 Å². The van der Waals surface area contributed by atoms with E-state index in [-0.39, 0.29) is 18.3 Å². The monoisotopic (exact) mass is 413 g/mol. The molecule has 0 atom stereocenters. The van der Waals surface area contributed by atoms with Crippen molar-refractivity contribution in [2.24, 2.45) is 0 Å². The summed E-state index contributed by atoms with van der Waals surface area (Å²) in [6.07, 6.45) is 4.18. The molecule has 2 aromatic rings. The minimum Gasteiger partial charge on any atom is -0.493 e. The van der Waals surface area contributed by atoms with E-state index < -0.39 is 0 Å². The third-order valence-corrected chi connectivity index (χ3v) is 4.54. The number of carbonyl (C=O) groups is 2. The number of amides is 1. The van der Waals surface area contributed by atoms with Crippen LogP contribution in [0, 0.1) is 0 Å². The predicted octanol–water partition coefficient (Wildman–Crippen LogP) is 4.09. The van der Waals surface area contributed by atoms with E-state index in [4.69, 9.17) is 14.2 Å². The Morgan fingerprint density at radius 2 is 1.80 bits per heavy atom. The van der Waals surface area contributed by atoms with Gasteiger partial charge in [-0.3, -0.25) is 9.59 Å². The quantitative estimate of drug-likeness (QED) is 0.322. The number of ether oxygens (including phenoxy) is 3. The molecule has 6 heteroatoms. The van der Waals surface area contributed by atoms with Gasteiger partial charge >= 0.3 is 5.97 Å². The van der Waals surface area contributed by atoms with Crippen molar-refractivity contribution in [1.29, 1.82) is 0 Å². The Balaban J connectivity index is 1.86. The van der Waals surface area contributed by atoms with Crippen LogP contribution in [0.5, 0.6) is 17.2 Å². The number of esters is 1. The van der Waals surface area contributed by atoms with E-state index in [1.807, 2.05) is 18.2 Å². The Morgan fingerprint density at radius 1 is 1.03 bits per heavy atom. The second-order valence-corrected chi connectivity index (χ2v) is 7.02. The van der Waals surface area contributed by atoms with Crippen molar-refractivity contribution in [2.45, 2.75) is 46.0 Å². The molecule has 0 bridgehead atoms. The van der Waals surface area contributed by atoms with E-state index in [2.05, 4.69) is 12.2 Å². The number of methoxy groups -OCH3 is 1. The molecule has 6 nitrogen and oxygen atoms in total. The zero-order chi connectivity index (χ0) is 21.8. The average molecular weight is 414 g/mol. The van der Waals surface area contributed by atoms with Gasteiger partial charge in [0.05, 0.1) is 20.1 Å². The summed E-state index contributed by atoms with van der Waals surface area (Å²) in [4.78, 5) is 23.2. The molecule has 2 rings (SSSR count). The van der Waals surface area contributed by atoms with Crippen molar-refractivity contribution in [3.63, 3.8) is 0 Å². The molecule has 0 heterocycles. The molecule has 0 saturated carbocycles. The first-order valence-corrected chi connectivity index (χ1v) is 10.4. The Kier molecular flexibility index (Phi) is 9.71. The number of nitrogens with one attached hydrogen (secondary N) is 1. The van der Waals surface area contributed by atoms with Gasteiger partial charge in [0.25, 0.3) is 0 Å². The van der Waals surface area contributed by atoms with E-state index in [1.54, 1.807) is 31.4 Å². The fraction of sp³-hybridized carbons (Fsp3) is 0.417. The Bertz CT molecular complexity index is 817. The normalized spacial score (nSPS) is 10.4. The summed E-state index contributed by atoms with van der Waals surface area (Å²) >= 11 is 0. The fourth-order valence-corrected chi connectivity index (χ4v) is 3.03. The van der Waals surface area contributed by atoms with Crippen LogP contribution in [0.4, 0.5) is 0 Å². The van der Waals surface area contributed by atoms with Crippen LogP contribution in [-0.4, -0.2) is 32.1 Å². The molecule has 0 unspecified atom stereocenters. The molecule has 1 amide bonds. The van der Waals surface area contributed by atoms with Crippen molar-refractivity contribution < 1.29 is 23.8 Å². The number of unbranched alkanes of at least 4 members (excludes halogenated alkanes) is 2. The van der Waals surface area contributed by atoms with Crippen molar-refractivity contribution in [3.05, 3.63) is 53.6 Å². The molecular formula is C24H31NO5. The molecule has 0 fully saturated rings. The summed E-state index contributed by atoms with van der Waals surface area (Å²) in [5, 5.41) is 2.95. The van der Waals surface area contributed by atoms with Crippen LogP contribution in [0.15, 0.2) is 42.5 Å². The zero-order valence-electron chi connectivity index (χ0n) is 18.0. The van der Waals surface area contributed by atoms with Crippen molar-refractivity contribution >= 4 is 11.9 Å². The molecule has 0 saturated heterocycles. The smallest absolute Gasteiger partial charge is 0.308 e. The molecular weight excluding hydrogens is 382 g/mol. The number of benzene rings is 2. The predicted molar refractivity (Wildman–Crippen MR) is 116 cm³/mol. The highest BCUT2D eigenvalue weighted by molar-refractivity contribution is 5.78. The molecule has 0 aliphatic carbocycles. The molecule has 30 heavy (non-hydrogen) atoms. The van der Waals surface area contributed by atoms with Crippen LogP contribution in [0.1, 0.15) is 44.2 Å². The summed E-state index contributed by atoms with van der Waals surface area (Å²) in [6.45, 7) is 4.66. The summed E-state index contributed by atoms with van der Waals surface area (Å²) in [7, 11) is 1.63. The first-order chi connectivity index (χ1) is 14.5. The van der Waals surface area contributed by atoms with Crippen LogP contribution >= 0.6 is 0 Å². The molecule has 2 aromatic carbocycles. The number of carbonyl (C=O) groups excluding carboxylic acids is 2. The van der Waals surface area contributed by atoms with Crippen LogP contribution in [0.25, 0.3) is 0 Å². The second kappa shape index (κ2) is 12.5. The molecule has 0 radical (unpaired) electrons. The number of para-hydroxylation sites is 1. The lowest BCUT2D eigenvalue weighted by molar-refractivity contribution is -0.131. The Morgan fingerprint density at radius 3 is 2.47 bits per heavy atom. The molecule has 162 valence electrons. The van der Waals surface area contributed by atoms with Crippen LogP contribution < -0.4 is 19.5 Å². The van der Waals surface area contributed by atoms with Gasteiger partial charge in [-0.2, -0.15) is 0 Å². The largest absolute Gasteiger partial charge is 0.493 e. The van der Waals surface area contributed by atoms with Gasteiger partial charge in [-0.1, -0.05) is 44.0 Å². The highest BCUT2D eigenvalue weighted by Crippen LogP contribution is 2.31. The van der Waals surface area contributed by atoms with Gasteiger partial charge in [0.15, 0.2) is 11.5 Å². The lowest BCUT2D eigenvalue weighted by Crippen LogP contribution is -2.27. The summed E-state index contributed by atoms with van der Waals surface area (Å²) in [5.41, 5.74) is 1.86. The standard InChI is InChI=1S/C24H31NO5/c1-4-5-6-16-29-24-20(8-7-9-22(24)28-3)14-15-25-23(27)17-19-10-12-21(13-11-19)30-18(2)26/h7-13H,4-6,14-17H2,1-3H3,(H,25,27). The number of rotatable bonds is 12. The van der Waals surface area contributed by atoms with Gasteiger partial charge in [-0.05, 0) is 42.2 Å². The zero-order valence-corrected chi connectivity index (χ0v) is 18.0. The van der Waals surface area contributed by atoms with Gasteiger partial charge in [-0.25, -0.2) is 0 Å². The van der Waals surface area contributed by atoms with E-state index in [0.29, 0.717) is 31.1 Å². The van der Waals surface area contributed by atoms with Crippen molar-refractivity contribution in [3.8, 4) is 17.2 Å². The Hall–Kier alpha value is -3.02. The van der Waals surface area contributed by atoms with Gasteiger partial charge in [-0.15, -0.1) is 0 Å². The summed E-state index contributed by atoms with van der Waals surface area (Å²) in [5.74, 6) is 1.50. The van der Waals surface area contributed by atoms with E-state index >= 15 is 0 Å². The van der Waals surface area contributed by atoms with E-state index in [1.165, 1.54) is 6.92 Å². The van der Waals surface area contributed by atoms with E-state index in [9.17, 15) is 9.59 Å². The minimum atomic E-state index is -0.369. The van der Waals surface area contributed by atoms with Gasteiger partial charge in [0.2, 0.25) is 5.91 Å². The van der Waals surface area contributed by atoms with Crippen LogP contribution in [0.2, 0.25) is 0 Å². The minimum absolute atomic E-state index is 0.0662. The molecule has 0 aromatic heterocycles.